The van der Waals surface area contributed by atoms with Crippen molar-refractivity contribution < 1.29 is 13.2 Å². The van der Waals surface area contributed by atoms with E-state index in [0.717, 1.165) is 0 Å². The normalized spacial score (nSPS) is 12.1. The monoisotopic (exact) mass is 333 g/mol. The Labute approximate surface area is 130 Å². The van der Waals surface area contributed by atoms with Gasteiger partial charge in [0.2, 0.25) is 5.95 Å². The third-order valence-corrected chi connectivity index (χ3v) is 3.26. The number of alkyl halides is 3. The fourth-order valence-electron chi connectivity index (χ4n) is 1.88. The van der Waals surface area contributed by atoms with E-state index in [1.807, 2.05) is 13.8 Å². The first kappa shape index (κ1) is 16.5. The number of nitrogen functional groups attached to an aromatic ring is 1. The summed E-state index contributed by atoms with van der Waals surface area (Å²) in [5.41, 5.74) is 4.14. The van der Waals surface area contributed by atoms with E-state index in [-0.39, 0.29) is 22.2 Å². The van der Waals surface area contributed by atoms with Crippen molar-refractivity contribution in [3.8, 4) is 11.3 Å². The number of hydrogen-bond donors (Lipinski definition) is 1. The van der Waals surface area contributed by atoms with Crippen LogP contribution in [0.25, 0.3) is 11.3 Å². The van der Waals surface area contributed by atoms with Crippen molar-refractivity contribution in [1.29, 1.82) is 0 Å². The number of nitrogens with two attached hydrogens (primary N) is 1. The Balaban J connectivity index is 2.51. The molecule has 9 heteroatoms. The van der Waals surface area contributed by atoms with Crippen LogP contribution in [0.2, 0.25) is 5.02 Å². The van der Waals surface area contributed by atoms with Crippen molar-refractivity contribution in [2.45, 2.75) is 33.0 Å². The molecule has 0 aromatic carbocycles. The van der Waals surface area contributed by atoms with Crippen molar-refractivity contribution in [2.75, 3.05) is 5.73 Å². The molecular weight excluding hydrogens is 319 g/mol. The topological polar surface area (TPSA) is 69.6 Å². The Morgan fingerprint density at radius 1 is 1.36 bits per heavy atom. The second-order valence-electron chi connectivity index (χ2n) is 5.26. The van der Waals surface area contributed by atoms with Gasteiger partial charge in [0.25, 0.3) is 0 Å². The third kappa shape index (κ3) is 3.68. The first-order valence-corrected chi connectivity index (χ1v) is 6.99. The Hall–Kier alpha value is -1.83. The molecule has 22 heavy (non-hydrogen) atoms. The van der Waals surface area contributed by atoms with E-state index >= 15 is 0 Å². The smallest absolute Gasteiger partial charge is 0.368 e. The van der Waals surface area contributed by atoms with E-state index < -0.39 is 11.9 Å². The number of nitrogens with zero attached hydrogens (tertiary/aromatic N) is 4. The van der Waals surface area contributed by atoms with Gasteiger partial charge in [-0.2, -0.15) is 18.3 Å². The van der Waals surface area contributed by atoms with Gasteiger partial charge in [0.1, 0.15) is 0 Å². The lowest BCUT2D eigenvalue weighted by Crippen LogP contribution is -2.10. The summed E-state index contributed by atoms with van der Waals surface area (Å²) in [4.78, 5) is 7.46. The van der Waals surface area contributed by atoms with Crippen molar-refractivity contribution in [3.63, 3.8) is 0 Å². The highest BCUT2D eigenvalue weighted by atomic mass is 35.5. The van der Waals surface area contributed by atoms with Crippen LogP contribution >= 0.6 is 11.6 Å². The van der Waals surface area contributed by atoms with Crippen LogP contribution in [-0.2, 0) is 12.7 Å². The second kappa shape index (κ2) is 6.12. The summed E-state index contributed by atoms with van der Waals surface area (Å²) in [5.74, 6) is 0.197. The fourth-order valence-corrected chi connectivity index (χ4v) is 2.07. The quantitative estimate of drug-likeness (QED) is 0.927. The number of rotatable bonds is 4. The zero-order valence-corrected chi connectivity index (χ0v) is 12.8. The van der Waals surface area contributed by atoms with Crippen LogP contribution in [0.15, 0.2) is 12.4 Å². The molecule has 0 bridgehead atoms. The predicted octanol–water partition coefficient (Wildman–Crippen LogP) is 3.64. The second-order valence-corrected chi connectivity index (χ2v) is 5.67. The molecule has 0 aliphatic carbocycles. The Morgan fingerprint density at radius 2 is 2.05 bits per heavy atom. The van der Waals surface area contributed by atoms with E-state index in [1.54, 1.807) is 0 Å². The molecule has 2 heterocycles. The van der Waals surface area contributed by atoms with Crippen LogP contribution in [-0.4, -0.2) is 19.7 Å². The molecule has 2 rings (SSSR count). The lowest BCUT2D eigenvalue weighted by Gasteiger charge is -2.07. The molecule has 0 unspecified atom stereocenters. The van der Waals surface area contributed by atoms with Gasteiger partial charge in [-0.15, -0.1) is 0 Å². The van der Waals surface area contributed by atoms with E-state index in [9.17, 15) is 13.2 Å². The summed E-state index contributed by atoms with van der Waals surface area (Å²) in [6, 6.07) is 0. The summed E-state index contributed by atoms with van der Waals surface area (Å²) in [7, 11) is 0. The number of anilines is 1. The molecule has 120 valence electrons. The van der Waals surface area contributed by atoms with E-state index in [2.05, 4.69) is 15.1 Å². The maximum Gasteiger partial charge on any atom is 0.435 e. The zero-order chi connectivity index (χ0) is 16.5. The lowest BCUT2D eigenvalue weighted by atomic mass is 10.1. The van der Waals surface area contributed by atoms with Gasteiger partial charge in [-0.25, -0.2) is 9.97 Å². The first-order valence-electron chi connectivity index (χ1n) is 6.61. The van der Waals surface area contributed by atoms with Gasteiger partial charge in [0, 0.05) is 12.7 Å². The summed E-state index contributed by atoms with van der Waals surface area (Å²) < 4.78 is 40.8. The maximum atomic E-state index is 13.2. The minimum absolute atomic E-state index is 0.0110. The Morgan fingerprint density at radius 3 is 2.64 bits per heavy atom. The highest BCUT2D eigenvalue weighted by Crippen LogP contribution is 2.37. The van der Waals surface area contributed by atoms with Crippen molar-refractivity contribution in [1.82, 2.24) is 19.7 Å². The molecule has 0 radical (unpaired) electrons. The zero-order valence-electron chi connectivity index (χ0n) is 12.0. The number of halogens is 4. The summed E-state index contributed by atoms with van der Waals surface area (Å²) in [6.45, 7) is 4.34. The average Bonchev–Trinajstić information content (AvgIpc) is 2.83. The molecule has 0 aliphatic heterocycles. The molecule has 2 aromatic rings. The van der Waals surface area contributed by atoms with E-state index in [1.165, 1.54) is 17.1 Å². The molecular formula is C13H15ClF3N5. The number of aromatic nitrogens is 4. The summed E-state index contributed by atoms with van der Waals surface area (Å²) in [5, 5.41) is 3.62. The van der Waals surface area contributed by atoms with Crippen LogP contribution in [0.1, 0.15) is 26.0 Å². The minimum atomic E-state index is -4.61. The Bertz CT molecular complexity index is 666. The first-order chi connectivity index (χ1) is 10.2. The van der Waals surface area contributed by atoms with E-state index in [0.29, 0.717) is 18.9 Å². The van der Waals surface area contributed by atoms with Gasteiger partial charge < -0.3 is 5.73 Å². The molecule has 0 saturated heterocycles. The molecule has 2 N–H and O–H groups in total. The number of hydrogen-bond acceptors (Lipinski definition) is 4. The van der Waals surface area contributed by atoms with Crippen LogP contribution in [0.3, 0.4) is 0 Å². The molecule has 2 aromatic heterocycles. The maximum absolute atomic E-state index is 13.2. The Kier molecular flexibility index (Phi) is 4.60. The van der Waals surface area contributed by atoms with Gasteiger partial charge in [-0.05, 0) is 12.3 Å². The SMILES string of the molecule is CC(C)CCn1cc(-c2nc(N)ncc2Cl)c(C(F)(F)F)n1. The van der Waals surface area contributed by atoms with E-state index in [4.69, 9.17) is 17.3 Å². The van der Waals surface area contributed by atoms with Gasteiger partial charge in [0.15, 0.2) is 5.69 Å². The van der Waals surface area contributed by atoms with Crippen LogP contribution in [0.4, 0.5) is 19.1 Å². The van der Waals surface area contributed by atoms with Gasteiger partial charge in [0.05, 0.1) is 22.5 Å². The molecule has 0 aliphatic rings. The molecule has 0 atom stereocenters. The molecule has 0 spiro atoms. The summed E-state index contributed by atoms with van der Waals surface area (Å²) in [6.07, 6.45) is -1.44. The van der Waals surface area contributed by atoms with Crippen molar-refractivity contribution in [3.05, 3.63) is 23.1 Å². The van der Waals surface area contributed by atoms with Crippen molar-refractivity contribution in [2.24, 2.45) is 5.92 Å². The highest BCUT2D eigenvalue weighted by Gasteiger charge is 2.38. The molecule has 0 fully saturated rings. The predicted molar refractivity (Wildman–Crippen MR) is 77.1 cm³/mol. The van der Waals surface area contributed by atoms with Crippen LogP contribution in [0.5, 0.6) is 0 Å². The van der Waals surface area contributed by atoms with Crippen LogP contribution < -0.4 is 5.73 Å². The molecule has 0 saturated carbocycles. The summed E-state index contributed by atoms with van der Waals surface area (Å²) >= 11 is 5.90. The fraction of sp³-hybridized carbons (Fsp3) is 0.462. The molecule has 5 nitrogen and oxygen atoms in total. The highest BCUT2D eigenvalue weighted by molar-refractivity contribution is 6.32. The van der Waals surface area contributed by atoms with Gasteiger partial charge in [-0.3, -0.25) is 4.68 Å². The largest absolute Gasteiger partial charge is 0.435 e. The average molecular weight is 334 g/mol. The van der Waals surface area contributed by atoms with Gasteiger partial charge >= 0.3 is 6.18 Å². The molecule has 0 amide bonds. The van der Waals surface area contributed by atoms with Crippen LogP contribution in [0, 0.1) is 5.92 Å². The van der Waals surface area contributed by atoms with Crippen molar-refractivity contribution >= 4 is 17.5 Å². The van der Waals surface area contributed by atoms with Gasteiger partial charge in [-0.1, -0.05) is 25.4 Å². The minimum Gasteiger partial charge on any atom is -0.368 e. The number of aryl methyl sites for hydroxylation is 1. The lowest BCUT2D eigenvalue weighted by molar-refractivity contribution is -0.141. The standard InChI is InChI=1S/C13H15ClF3N5/c1-7(2)3-4-22-6-8(11(21-22)13(15,16)17)10-9(14)5-19-12(18)20-10/h5-7H,3-4H2,1-2H3,(H2,18,19,20). The third-order valence-electron chi connectivity index (χ3n) is 2.98.